The summed E-state index contributed by atoms with van der Waals surface area (Å²) in [4.78, 5) is 10.1. The highest BCUT2D eigenvalue weighted by molar-refractivity contribution is 7.26. The van der Waals surface area contributed by atoms with Gasteiger partial charge in [0.25, 0.3) is 0 Å². The van der Waals surface area contributed by atoms with E-state index in [4.69, 9.17) is 9.97 Å². The van der Waals surface area contributed by atoms with E-state index >= 15 is 0 Å². The molecule has 0 saturated heterocycles. The Hall–Kier alpha value is -4.86. The summed E-state index contributed by atoms with van der Waals surface area (Å²) in [6, 6.07) is 47.1. The second-order valence-electron chi connectivity index (χ2n) is 9.80. The van der Waals surface area contributed by atoms with Crippen molar-refractivity contribution in [2.75, 3.05) is 0 Å². The molecule has 0 aliphatic rings. The van der Waals surface area contributed by atoms with Crippen LogP contribution in [0.15, 0.2) is 133 Å². The second kappa shape index (κ2) is 8.87. The summed E-state index contributed by atoms with van der Waals surface area (Å²) < 4.78 is 2.67. The molecule has 0 aliphatic carbocycles. The molecule has 3 heteroatoms. The Balaban J connectivity index is 1.31. The van der Waals surface area contributed by atoms with E-state index < -0.39 is 0 Å². The topological polar surface area (TPSA) is 25.8 Å². The minimum atomic E-state index is 0.899. The van der Waals surface area contributed by atoms with Crippen LogP contribution in [-0.2, 0) is 0 Å². The first-order chi connectivity index (χ1) is 19.3. The number of hydrogen-bond acceptors (Lipinski definition) is 3. The third-order valence-electron chi connectivity index (χ3n) is 7.47. The van der Waals surface area contributed by atoms with Crippen LogP contribution in [0.4, 0.5) is 0 Å². The Labute approximate surface area is 229 Å². The molecule has 0 spiro atoms. The summed E-state index contributed by atoms with van der Waals surface area (Å²) in [5.74, 6) is 0. The van der Waals surface area contributed by atoms with Gasteiger partial charge in [-0.3, -0.25) is 0 Å². The van der Waals surface area contributed by atoms with Gasteiger partial charge < -0.3 is 0 Å². The van der Waals surface area contributed by atoms with E-state index in [0.717, 1.165) is 33.5 Å². The minimum Gasteiger partial charge on any atom is -0.244 e. The van der Waals surface area contributed by atoms with Crippen molar-refractivity contribution >= 4 is 53.3 Å². The Morgan fingerprint density at radius 1 is 0.436 bits per heavy atom. The van der Waals surface area contributed by atoms with E-state index in [2.05, 4.69) is 91.0 Å². The molecule has 0 unspecified atom stereocenters. The molecule has 0 aliphatic heterocycles. The molecule has 39 heavy (non-hydrogen) atoms. The Kier molecular flexibility index (Phi) is 5.04. The lowest BCUT2D eigenvalue weighted by Crippen LogP contribution is -1.95. The van der Waals surface area contributed by atoms with Crippen LogP contribution in [0.3, 0.4) is 0 Å². The van der Waals surface area contributed by atoms with Crippen molar-refractivity contribution in [3.05, 3.63) is 133 Å². The normalized spacial score (nSPS) is 11.6. The van der Waals surface area contributed by atoms with Crippen molar-refractivity contribution in [3.63, 3.8) is 0 Å². The molecule has 2 nitrogen and oxygen atoms in total. The maximum atomic E-state index is 5.08. The van der Waals surface area contributed by atoms with E-state index in [1.165, 1.54) is 42.1 Å². The summed E-state index contributed by atoms with van der Waals surface area (Å²) in [6.45, 7) is 0. The van der Waals surface area contributed by atoms with E-state index in [9.17, 15) is 0 Å². The first-order valence-corrected chi connectivity index (χ1v) is 13.9. The van der Waals surface area contributed by atoms with Crippen molar-refractivity contribution in [1.82, 2.24) is 9.97 Å². The van der Waals surface area contributed by atoms with Crippen molar-refractivity contribution in [1.29, 1.82) is 0 Å². The molecular weight excluding hydrogens is 492 g/mol. The maximum Gasteiger partial charge on any atom is 0.0973 e. The molecule has 0 atom stereocenters. The molecule has 0 amide bonds. The van der Waals surface area contributed by atoms with Gasteiger partial charge in [-0.1, -0.05) is 115 Å². The van der Waals surface area contributed by atoms with Crippen LogP contribution >= 0.6 is 11.3 Å². The molecular formula is C36H22N2S. The van der Waals surface area contributed by atoms with Crippen molar-refractivity contribution < 1.29 is 0 Å². The second-order valence-corrected chi connectivity index (χ2v) is 10.8. The van der Waals surface area contributed by atoms with E-state index in [1.54, 1.807) is 0 Å². The summed E-state index contributed by atoms with van der Waals surface area (Å²) in [6.07, 6.45) is 0. The predicted octanol–water partition coefficient (Wildman–Crippen LogP) is 10.2. The highest BCUT2D eigenvalue weighted by Gasteiger charge is 2.15. The number of benzene rings is 6. The van der Waals surface area contributed by atoms with Gasteiger partial charge in [-0.2, -0.15) is 0 Å². The van der Waals surface area contributed by atoms with Gasteiger partial charge in [0.2, 0.25) is 0 Å². The zero-order valence-electron chi connectivity index (χ0n) is 21.0. The Bertz CT molecular complexity index is 2160. The van der Waals surface area contributed by atoms with Crippen LogP contribution in [0.25, 0.3) is 75.6 Å². The van der Waals surface area contributed by atoms with E-state index in [0.29, 0.717) is 0 Å². The van der Waals surface area contributed by atoms with Crippen LogP contribution in [0.2, 0.25) is 0 Å². The van der Waals surface area contributed by atoms with Gasteiger partial charge in [-0.25, -0.2) is 9.97 Å². The molecule has 0 radical (unpaired) electrons. The predicted molar refractivity (Wildman–Crippen MR) is 166 cm³/mol. The van der Waals surface area contributed by atoms with Gasteiger partial charge in [-0.05, 0) is 34.7 Å². The standard InChI is InChI=1S/C36H22N2S/c1-2-9-25(10-3-1)34-35(38-31-15-6-5-14-30(31)37-34)26-19-17-23(18-20-26)27-13-8-11-24-21-22-29-28-12-4-7-16-32(28)39-36(29)33(24)27/h1-22H. The molecule has 182 valence electrons. The molecule has 2 heterocycles. The zero-order chi connectivity index (χ0) is 25.8. The van der Waals surface area contributed by atoms with E-state index in [1.807, 2.05) is 53.8 Å². The first kappa shape index (κ1) is 22.2. The molecule has 6 aromatic carbocycles. The van der Waals surface area contributed by atoms with Gasteiger partial charge in [-0.15, -0.1) is 11.3 Å². The van der Waals surface area contributed by atoms with Crippen LogP contribution in [0.5, 0.6) is 0 Å². The smallest absolute Gasteiger partial charge is 0.0973 e. The average Bonchev–Trinajstić information content (AvgIpc) is 3.40. The van der Waals surface area contributed by atoms with Crippen LogP contribution < -0.4 is 0 Å². The van der Waals surface area contributed by atoms with Gasteiger partial charge in [0, 0.05) is 36.7 Å². The van der Waals surface area contributed by atoms with E-state index in [-0.39, 0.29) is 0 Å². The number of para-hydroxylation sites is 2. The molecule has 8 aromatic rings. The highest BCUT2D eigenvalue weighted by Crippen LogP contribution is 2.42. The summed E-state index contributed by atoms with van der Waals surface area (Å²) in [5.41, 5.74) is 8.18. The number of fused-ring (bicyclic) bond motifs is 6. The van der Waals surface area contributed by atoms with Gasteiger partial charge >= 0.3 is 0 Å². The molecule has 0 bridgehead atoms. The van der Waals surface area contributed by atoms with Crippen LogP contribution in [-0.4, -0.2) is 9.97 Å². The number of rotatable bonds is 3. The summed E-state index contributed by atoms with van der Waals surface area (Å²) >= 11 is 1.88. The fourth-order valence-corrected chi connectivity index (χ4v) is 6.87. The third kappa shape index (κ3) is 3.63. The fraction of sp³-hybridized carbons (Fsp3) is 0. The fourth-order valence-electron chi connectivity index (χ4n) is 5.60. The lowest BCUT2D eigenvalue weighted by atomic mass is 9.95. The summed E-state index contributed by atoms with van der Waals surface area (Å²) in [7, 11) is 0. The molecule has 0 fully saturated rings. The quantitative estimate of drug-likeness (QED) is 0.234. The lowest BCUT2D eigenvalue weighted by molar-refractivity contribution is 1.29. The first-order valence-electron chi connectivity index (χ1n) is 13.1. The maximum absolute atomic E-state index is 5.08. The van der Waals surface area contributed by atoms with Crippen molar-refractivity contribution in [3.8, 4) is 33.6 Å². The van der Waals surface area contributed by atoms with Crippen LogP contribution in [0, 0.1) is 0 Å². The highest BCUT2D eigenvalue weighted by atomic mass is 32.1. The molecule has 0 saturated carbocycles. The average molecular weight is 515 g/mol. The van der Waals surface area contributed by atoms with Gasteiger partial charge in [0.1, 0.15) is 0 Å². The van der Waals surface area contributed by atoms with Crippen LogP contribution in [0.1, 0.15) is 0 Å². The Morgan fingerprint density at radius 2 is 1.08 bits per heavy atom. The summed E-state index contributed by atoms with van der Waals surface area (Å²) in [5, 5.41) is 5.24. The monoisotopic (exact) mass is 514 g/mol. The SMILES string of the molecule is c1ccc(-c2nc3ccccc3nc2-c2ccc(-c3cccc4ccc5c6ccccc6sc5c34)cc2)cc1. The van der Waals surface area contributed by atoms with Crippen molar-refractivity contribution in [2.24, 2.45) is 0 Å². The number of hydrogen-bond donors (Lipinski definition) is 0. The zero-order valence-corrected chi connectivity index (χ0v) is 21.8. The number of aromatic nitrogens is 2. The largest absolute Gasteiger partial charge is 0.244 e. The number of thiophene rings is 1. The lowest BCUT2D eigenvalue weighted by Gasteiger charge is -2.12. The van der Waals surface area contributed by atoms with Gasteiger partial charge in [0.05, 0.1) is 22.4 Å². The minimum absolute atomic E-state index is 0.899. The van der Waals surface area contributed by atoms with Gasteiger partial charge in [0.15, 0.2) is 0 Å². The third-order valence-corrected chi connectivity index (χ3v) is 8.68. The molecule has 2 aromatic heterocycles. The van der Waals surface area contributed by atoms with Crippen molar-refractivity contribution in [2.45, 2.75) is 0 Å². The number of nitrogens with zero attached hydrogens (tertiary/aromatic N) is 2. The molecule has 8 rings (SSSR count). The Morgan fingerprint density at radius 3 is 1.85 bits per heavy atom. The molecule has 0 N–H and O–H groups in total.